The standard InChI is InChI=1S/C10H20N4O/c1-10(2,4-5-15)7-11-6-9-13-12-8-14(9)3/h8,11,15H,4-7H2,1-3H3. The monoisotopic (exact) mass is 212 g/mol. The summed E-state index contributed by atoms with van der Waals surface area (Å²) in [6, 6.07) is 0. The van der Waals surface area contributed by atoms with Crippen LogP contribution in [0.5, 0.6) is 0 Å². The number of rotatable bonds is 6. The van der Waals surface area contributed by atoms with Gasteiger partial charge in [-0.25, -0.2) is 0 Å². The van der Waals surface area contributed by atoms with Crippen molar-refractivity contribution >= 4 is 0 Å². The Bertz CT molecular complexity index is 295. The predicted molar refractivity (Wildman–Crippen MR) is 58.2 cm³/mol. The molecule has 5 nitrogen and oxygen atoms in total. The van der Waals surface area contributed by atoms with Gasteiger partial charge >= 0.3 is 0 Å². The van der Waals surface area contributed by atoms with E-state index in [1.165, 1.54) is 0 Å². The number of aliphatic hydroxyl groups is 1. The minimum absolute atomic E-state index is 0.118. The van der Waals surface area contributed by atoms with Crippen molar-refractivity contribution in [1.82, 2.24) is 20.1 Å². The van der Waals surface area contributed by atoms with E-state index in [0.29, 0.717) is 6.54 Å². The van der Waals surface area contributed by atoms with Gasteiger partial charge in [0.15, 0.2) is 0 Å². The highest BCUT2D eigenvalue weighted by Crippen LogP contribution is 2.17. The van der Waals surface area contributed by atoms with Crippen LogP contribution in [0.4, 0.5) is 0 Å². The second kappa shape index (κ2) is 5.23. The first kappa shape index (κ1) is 12.1. The molecule has 1 aromatic heterocycles. The van der Waals surface area contributed by atoms with E-state index in [1.807, 2.05) is 11.6 Å². The maximum Gasteiger partial charge on any atom is 0.146 e. The number of hydrogen-bond donors (Lipinski definition) is 2. The lowest BCUT2D eigenvalue weighted by Crippen LogP contribution is -2.30. The normalized spacial score (nSPS) is 12.0. The number of nitrogens with zero attached hydrogens (tertiary/aromatic N) is 3. The Labute approximate surface area is 90.5 Å². The van der Waals surface area contributed by atoms with Crippen LogP contribution < -0.4 is 5.32 Å². The van der Waals surface area contributed by atoms with Crippen LogP contribution in [0.1, 0.15) is 26.1 Å². The lowest BCUT2D eigenvalue weighted by molar-refractivity contribution is 0.206. The van der Waals surface area contributed by atoms with Gasteiger partial charge in [-0.15, -0.1) is 10.2 Å². The summed E-state index contributed by atoms with van der Waals surface area (Å²) >= 11 is 0. The first-order valence-corrected chi connectivity index (χ1v) is 5.19. The van der Waals surface area contributed by atoms with E-state index in [4.69, 9.17) is 5.11 Å². The average molecular weight is 212 g/mol. The zero-order valence-corrected chi connectivity index (χ0v) is 9.69. The second-order valence-electron chi connectivity index (χ2n) is 4.60. The lowest BCUT2D eigenvalue weighted by Gasteiger charge is -2.23. The van der Waals surface area contributed by atoms with Crippen LogP contribution in [0, 0.1) is 5.41 Å². The molecule has 86 valence electrons. The van der Waals surface area contributed by atoms with Gasteiger partial charge in [0.1, 0.15) is 12.2 Å². The zero-order chi connectivity index (χ0) is 11.3. The Hall–Kier alpha value is -0.940. The van der Waals surface area contributed by atoms with Gasteiger partial charge in [-0.05, 0) is 11.8 Å². The molecule has 1 aromatic rings. The molecular formula is C10H20N4O. The summed E-state index contributed by atoms with van der Waals surface area (Å²) in [4.78, 5) is 0. The molecule has 0 bridgehead atoms. The van der Waals surface area contributed by atoms with E-state index < -0.39 is 0 Å². The Morgan fingerprint density at radius 2 is 2.27 bits per heavy atom. The molecule has 0 aliphatic rings. The van der Waals surface area contributed by atoms with Crippen molar-refractivity contribution < 1.29 is 5.11 Å². The fourth-order valence-corrected chi connectivity index (χ4v) is 1.37. The molecule has 5 heteroatoms. The molecule has 0 aromatic carbocycles. The maximum absolute atomic E-state index is 8.88. The summed E-state index contributed by atoms with van der Waals surface area (Å²) in [5, 5.41) is 20.0. The number of aliphatic hydroxyl groups excluding tert-OH is 1. The SMILES string of the molecule is Cn1cnnc1CNCC(C)(C)CCO. The van der Waals surface area contributed by atoms with E-state index in [-0.39, 0.29) is 12.0 Å². The fourth-order valence-electron chi connectivity index (χ4n) is 1.37. The number of nitrogens with one attached hydrogen (secondary N) is 1. The summed E-state index contributed by atoms with van der Waals surface area (Å²) in [5.41, 5.74) is 0.118. The molecule has 1 heterocycles. The van der Waals surface area contributed by atoms with Gasteiger partial charge in [0, 0.05) is 20.2 Å². The largest absolute Gasteiger partial charge is 0.396 e. The van der Waals surface area contributed by atoms with E-state index in [1.54, 1.807) is 6.33 Å². The van der Waals surface area contributed by atoms with Crippen molar-refractivity contribution in [2.24, 2.45) is 12.5 Å². The van der Waals surface area contributed by atoms with Crippen LogP contribution >= 0.6 is 0 Å². The van der Waals surface area contributed by atoms with Crippen LogP contribution in [0.25, 0.3) is 0 Å². The molecule has 0 unspecified atom stereocenters. The van der Waals surface area contributed by atoms with Gasteiger partial charge in [-0.2, -0.15) is 0 Å². The summed E-state index contributed by atoms with van der Waals surface area (Å²) in [5.74, 6) is 0.926. The second-order valence-corrected chi connectivity index (χ2v) is 4.60. The highest BCUT2D eigenvalue weighted by atomic mass is 16.3. The average Bonchev–Trinajstić information content (AvgIpc) is 2.51. The van der Waals surface area contributed by atoms with Crippen molar-refractivity contribution in [3.05, 3.63) is 12.2 Å². The van der Waals surface area contributed by atoms with Crippen molar-refractivity contribution in [2.75, 3.05) is 13.2 Å². The minimum atomic E-state index is 0.118. The molecule has 15 heavy (non-hydrogen) atoms. The van der Waals surface area contributed by atoms with Crippen LogP contribution in [0.3, 0.4) is 0 Å². The maximum atomic E-state index is 8.88. The number of aromatic nitrogens is 3. The van der Waals surface area contributed by atoms with E-state index in [0.717, 1.165) is 18.8 Å². The molecule has 0 atom stereocenters. The van der Waals surface area contributed by atoms with E-state index in [2.05, 4.69) is 29.4 Å². The fraction of sp³-hybridized carbons (Fsp3) is 0.800. The first-order chi connectivity index (χ1) is 7.05. The molecule has 0 spiro atoms. The Kier molecular flexibility index (Phi) is 4.23. The number of hydrogen-bond acceptors (Lipinski definition) is 4. The molecule has 0 aliphatic heterocycles. The van der Waals surface area contributed by atoms with Crippen LogP contribution in [0.15, 0.2) is 6.33 Å². The van der Waals surface area contributed by atoms with Gasteiger partial charge in [0.25, 0.3) is 0 Å². The quantitative estimate of drug-likeness (QED) is 0.712. The van der Waals surface area contributed by atoms with Crippen LogP contribution in [0.2, 0.25) is 0 Å². The first-order valence-electron chi connectivity index (χ1n) is 5.19. The van der Waals surface area contributed by atoms with Gasteiger partial charge in [-0.3, -0.25) is 0 Å². The zero-order valence-electron chi connectivity index (χ0n) is 9.69. The van der Waals surface area contributed by atoms with Crippen molar-refractivity contribution in [1.29, 1.82) is 0 Å². The molecular weight excluding hydrogens is 192 g/mol. The van der Waals surface area contributed by atoms with Crippen molar-refractivity contribution in [3.63, 3.8) is 0 Å². The molecule has 0 radical (unpaired) electrons. The number of aryl methyl sites for hydroxylation is 1. The summed E-state index contributed by atoms with van der Waals surface area (Å²) in [6.07, 6.45) is 2.49. The summed E-state index contributed by atoms with van der Waals surface area (Å²) in [7, 11) is 1.93. The minimum Gasteiger partial charge on any atom is -0.396 e. The molecule has 0 fully saturated rings. The van der Waals surface area contributed by atoms with Crippen molar-refractivity contribution in [3.8, 4) is 0 Å². The summed E-state index contributed by atoms with van der Waals surface area (Å²) in [6.45, 7) is 6.07. The topological polar surface area (TPSA) is 63.0 Å². The highest BCUT2D eigenvalue weighted by Gasteiger charge is 2.16. The Morgan fingerprint density at radius 3 is 2.80 bits per heavy atom. The lowest BCUT2D eigenvalue weighted by atomic mass is 9.90. The molecule has 2 N–H and O–H groups in total. The smallest absolute Gasteiger partial charge is 0.146 e. The van der Waals surface area contributed by atoms with Gasteiger partial charge in [0.2, 0.25) is 0 Å². The van der Waals surface area contributed by atoms with Crippen LogP contribution in [-0.4, -0.2) is 33.0 Å². The van der Waals surface area contributed by atoms with Gasteiger partial charge in [-0.1, -0.05) is 13.8 Å². The summed E-state index contributed by atoms with van der Waals surface area (Å²) < 4.78 is 1.89. The van der Waals surface area contributed by atoms with Crippen molar-refractivity contribution in [2.45, 2.75) is 26.8 Å². The Balaban J connectivity index is 2.30. The molecule has 0 saturated heterocycles. The molecule has 0 saturated carbocycles. The third kappa shape index (κ3) is 3.97. The molecule has 1 rings (SSSR count). The Morgan fingerprint density at radius 1 is 1.53 bits per heavy atom. The molecule has 0 amide bonds. The van der Waals surface area contributed by atoms with Gasteiger partial charge < -0.3 is 15.0 Å². The van der Waals surface area contributed by atoms with Gasteiger partial charge in [0.05, 0.1) is 6.54 Å². The molecule has 0 aliphatic carbocycles. The van der Waals surface area contributed by atoms with E-state index >= 15 is 0 Å². The highest BCUT2D eigenvalue weighted by molar-refractivity contribution is 4.84. The van der Waals surface area contributed by atoms with Crippen LogP contribution in [-0.2, 0) is 13.6 Å². The third-order valence-electron chi connectivity index (χ3n) is 2.48. The predicted octanol–water partition coefficient (Wildman–Crippen LogP) is 0.313. The third-order valence-corrected chi connectivity index (χ3v) is 2.48. The van der Waals surface area contributed by atoms with E-state index in [9.17, 15) is 0 Å².